The van der Waals surface area contributed by atoms with Gasteiger partial charge in [-0.3, -0.25) is 4.79 Å². The van der Waals surface area contributed by atoms with E-state index in [2.05, 4.69) is 9.36 Å². The first kappa shape index (κ1) is 22.3. The van der Waals surface area contributed by atoms with E-state index < -0.39 is 17.3 Å². The Morgan fingerprint density at radius 1 is 1.07 bits per heavy atom. The van der Waals surface area contributed by atoms with Crippen LogP contribution in [0.25, 0.3) is 11.4 Å². The van der Waals surface area contributed by atoms with E-state index >= 15 is 0 Å². The van der Waals surface area contributed by atoms with Crippen LogP contribution >= 0.6 is 23.3 Å². The summed E-state index contributed by atoms with van der Waals surface area (Å²) in [4.78, 5) is 17.0. The molecule has 158 valence electrons. The predicted molar refractivity (Wildman–Crippen MR) is 112 cm³/mol. The van der Waals surface area contributed by atoms with Gasteiger partial charge in [-0.15, -0.1) is 11.8 Å². The van der Waals surface area contributed by atoms with Gasteiger partial charge in [-0.1, -0.05) is 12.1 Å². The smallest absolute Gasteiger partial charge is 0.416 e. The largest absolute Gasteiger partial charge is 0.480 e. The Labute approximate surface area is 180 Å². The first-order chi connectivity index (χ1) is 14.0. The molecule has 30 heavy (non-hydrogen) atoms. The van der Waals surface area contributed by atoms with Crippen LogP contribution in [-0.2, 0) is 16.7 Å². The number of hydrogen-bond acceptors (Lipinski definition) is 6. The molecule has 0 amide bonds. The Morgan fingerprint density at radius 2 is 1.70 bits per heavy atom. The quantitative estimate of drug-likeness (QED) is 0.396. The van der Waals surface area contributed by atoms with Crippen LogP contribution < -0.4 is 4.74 Å². The molecule has 1 heterocycles. The third-order valence-corrected chi connectivity index (χ3v) is 6.26. The zero-order valence-corrected chi connectivity index (χ0v) is 18.1. The lowest BCUT2D eigenvalue weighted by Crippen LogP contribution is -2.36. The molecule has 0 radical (unpaired) electrons. The summed E-state index contributed by atoms with van der Waals surface area (Å²) in [6, 6.07) is 12.2. The lowest BCUT2D eigenvalue weighted by atomic mass is 10.1. The molecule has 0 saturated heterocycles. The highest BCUT2D eigenvalue weighted by Gasteiger charge is 2.30. The van der Waals surface area contributed by atoms with Crippen molar-refractivity contribution in [2.75, 3.05) is 0 Å². The molecule has 9 heteroatoms. The number of carbonyl (C=O) groups is 1. The minimum Gasteiger partial charge on any atom is -0.480 e. The van der Waals surface area contributed by atoms with Gasteiger partial charge in [-0.2, -0.15) is 17.5 Å². The van der Waals surface area contributed by atoms with Crippen LogP contribution in [0, 0.1) is 0 Å². The molecular weight excluding hydrogens is 433 g/mol. The van der Waals surface area contributed by atoms with Crippen LogP contribution in [0.15, 0.2) is 53.4 Å². The molecule has 4 nitrogen and oxygen atoms in total. The van der Waals surface area contributed by atoms with Crippen molar-refractivity contribution in [3.63, 3.8) is 0 Å². The summed E-state index contributed by atoms with van der Waals surface area (Å²) in [5.41, 5.74) is -1.03. The molecule has 0 aliphatic rings. The van der Waals surface area contributed by atoms with Crippen LogP contribution in [0.3, 0.4) is 0 Å². The van der Waals surface area contributed by atoms with Gasteiger partial charge >= 0.3 is 6.18 Å². The number of halogens is 3. The highest BCUT2D eigenvalue weighted by molar-refractivity contribution is 7.98. The Hall–Kier alpha value is -2.39. The fourth-order valence-corrected chi connectivity index (χ4v) is 3.89. The molecule has 3 rings (SSSR count). The maximum atomic E-state index is 12.7. The number of rotatable bonds is 7. The average Bonchev–Trinajstić information content (AvgIpc) is 3.15. The predicted octanol–water partition coefficient (Wildman–Crippen LogP) is 6.26. The topological polar surface area (TPSA) is 52.1 Å². The Balaban J connectivity index is 1.60. The Kier molecular flexibility index (Phi) is 6.52. The number of nitrogens with zero attached hydrogens (tertiary/aromatic N) is 2. The number of ketones is 1. The van der Waals surface area contributed by atoms with Gasteiger partial charge in [0.15, 0.2) is 17.2 Å². The summed E-state index contributed by atoms with van der Waals surface area (Å²) >= 11 is 2.78. The number of carbonyl (C=O) groups excluding carboxylic acids is 1. The first-order valence-electron chi connectivity index (χ1n) is 8.98. The van der Waals surface area contributed by atoms with Crippen molar-refractivity contribution in [2.24, 2.45) is 0 Å². The average molecular weight is 453 g/mol. The number of alkyl halides is 3. The highest BCUT2D eigenvalue weighted by Crippen LogP contribution is 2.31. The standard InChI is InChI=1S/C21H19F3N2O2S2/c1-13(27)20(2,3)28-16-8-10-17(11-9-16)29-12-18-25-19(26-30-18)14-4-6-15(7-5-14)21(22,23)24/h4-11H,12H2,1-3H3. The van der Waals surface area contributed by atoms with Gasteiger partial charge < -0.3 is 4.74 Å². The van der Waals surface area contributed by atoms with Crippen molar-refractivity contribution in [3.05, 3.63) is 59.1 Å². The summed E-state index contributed by atoms with van der Waals surface area (Å²) < 4.78 is 48.0. The van der Waals surface area contributed by atoms with Gasteiger partial charge in [-0.05, 0) is 68.7 Å². The van der Waals surface area contributed by atoms with Gasteiger partial charge in [-0.25, -0.2) is 4.98 Å². The molecule has 0 unspecified atom stereocenters. The van der Waals surface area contributed by atoms with Crippen molar-refractivity contribution >= 4 is 29.1 Å². The molecule has 2 aromatic carbocycles. The minimum atomic E-state index is -4.36. The summed E-state index contributed by atoms with van der Waals surface area (Å²) in [5, 5.41) is 0.771. The van der Waals surface area contributed by atoms with E-state index in [1.165, 1.54) is 30.6 Å². The molecular formula is C21H19F3N2O2S2. The fourth-order valence-electron chi connectivity index (χ4n) is 2.35. The van der Waals surface area contributed by atoms with Crippen molar-refractivity contribution in [3.8, 4) is 17.1 Å². The van der Waals surface area contributed by atoms with Crippen LogP contribution in [-0.4, -0.2) is 20.7 Å². The summed E-state index contributed by atoms with van der Waals surface area (Å²) in [5.74, 6) is 1.55. The molecule has 1 aromatic heterocycles. The van der Waals surface area contributed by atoms with Crippen LogP contribution in [0.1, 0.15) is 31.3 Å². The SMILES string of the molecule is CC(=O)C(C)(C)Oc1ccc(SCc2nc(-c3ccc(C(F)(F)F)cc3)ns2)cc1. The monoisotopic (exact) mass is 452 g/mol. The van der Waals surface area contributed by atoms with E-state index in [4.69, 9.17) is 4.74 Å². The Morgan fingerprint density at radius 3 is 2.27 bits per heavy atom. The number of thioether (sulfide) groups is 1. The highest BCUT2D eigenvalue weighted by atomic mass is 32.2. The van der Waals surface area contributed by atoms with E-state index in [0.717, 1.165) is 22.0 Å². The number of ether oxygens (including phenoxy) is 1. The first-order valence-corrected chi connectivity index (χ1v) is 10.7. The maximum absolute atomic E-state index is 12.7. The van der Waals surface area contributed by atoms with E-state index in [1.807, 2.05) is 12.1 Å². The molecule has 0 saturated carbocycles. The van der Waals surface area contributed by atoms with E-state index in [0.29, 0.717) is 22.9 Å². The zero-order valence-electron chi connectivity index (χ0n) is 16.5. The van der Waals surface area contributed by atoms with Crippen molar-refractivity contribution in [2.45, 2.75) is 43.2 Å². The summed E-state index contributed by atoms with van der Waals surface area (Å²) in [7, 11) is 0. The number of Topliss-reactive ketones (excluding diaryl/α,β-unsaturated/α-hetero) is 1. The van der Waals surface area contributed by atoms with Crippen LogP contribution in [0.5, 0.6) is 5.75 Å². The van der Waals surface area contributed by atoms with Crippen LogP contribution in [0.4, 0.5) is 13.2 Å². The molecule has 0 N–H and O–H groups in total. The third-order valence-electron chi connectivity index (χ3n) is 4.35. The maximum Gasteiger partial charge on any atom is 0.416 e. The third kappa shape index (κ3) is 5.60. The normalized spacial score (nSPS) is 12.1. The van der Waals surface area contributed by atoms with Crippen LogP contribution in [0.2, 0.25) is 0 Å². The second-order valence-corrected chi connectivity index (χ2v) is 8.90. The lowest BCUT2D eigenvalue weighted by Gasteiger charge is -2.23. The second kappa shape index (κ2) is 8.77. The second-order valence-electron chi connectivity index (χ2n) is 7.02. The number of aromatic nitrogens is 2. The van der Waals surface area contributed by atoms with Gasteiger partial charge in [0.2, 0.25) is 0 Å². The molecule has 0 aliphatic heterocycles. The zero-order chi connectivity index (χ0) is 21.9. The number of benzene rings is 2. The fraction of sp³-hybridized carbons (Fsp3) is 0.286. The molecule has 0 aliphatic carbocycles. The van der Waals surface area contributed by atoms with Gasteiger partial charge in [0.05, 0.1) is 11.3 Å². The molecule has 3 aromatic rings. The molecule has 0 spiro atoms. The Bertz CT molecular complexity index is 1010. The van der Waals surface area contributed by atoms with E-state index in [9.17, 15) is 18.0 Å². The van der Waals surface area contributed by atoms with Crippen molar-refractivity contribution in [1.82, 2.24) is 9.36 Å². The molecule has 0 atom stereocenters. The van der Waals surface area contributed by atoms with E-state index in [-0.39, 0.29) is 5.78 Å². The number of hydrogen-bond donors (Lipinski definition) is 0. The lowest BCUT2D eigenvalue weighted by molar-refractivity contribution is -0.137. The summed E-state index contributed by atoms with van der Waals surface area (Å²) in [6.07, 6.45) is -4.36. The van der Waals surface area contributed by atoms with Crippen molar-refractivity contribution < 1.29 is 22.7 Å². The van der Waals surface area contributed by atoms with Gasteiger partial charge in [0.1, 0.15) is 10.8 Å². The van der Waals surface area contributed by atoms with E-state index in [1.54, 1.807) is 37.7 Å². The van der Waals surface area contributed by atoms with Gasteiger partial charge in [0.25, 0.3) is 0 Å². The minimum absolute atomic E-state index is 0.0546. The molecule has 0 bridgehead atoms. The summed E-state index contributed by atoms with van der Waals surface area (Å²) in [6.45, 7) is 4.94. The van der Waals surface area contributed by atoms with Gasteiger partial charge in [0, 0.05) is 10.5 Å². The molecule has 0 fully saturated rings. The van der Waals surface area contributed by atoms with Crippen molar-refractivity contribution in [1.29, 1.82) is 0 Å².